The Morgan fingerprint density at radius 1 is 1.33 bits per heavy atom. The highest BCUT2D eigenvalue weighted by atomic mass is 19.1. The Bertz CT molecular complexity index is 524. The lowest BCUT2D eigenvalue weighted by molar-refractivity contribution is 0.233. The van der Waals surface area contributed by atoms with Crippen molar-refractivity contribution in [2.45, 2.75) is 52.1 Å². The standard InChI is InChI=1S/C18H27FN2/c1-12(2)17-10-20-18(4,14-5-6-14)11-21(17)15-7-8-16(19)13(3)9-15/h7-9,12,14,17,20H,5-6,10-11H2,1-4H3. The molecule has 0 radical (unpaired) electrons. The summed E-state index contributed by atoms with van der Waals surface area (Å²) in [5, 5.41) is 3.80. The van der Waals surface area contributed by atoms with Crippen molar-refractivity contribution in [1.29, 1.82) is 0 Å². The predicted molar refractivity (Wildman–Crippen MR) is 86.2 cm³/mol. The molecule has 116 valence electrons. The Balaban J connectivity index is 1.91. The van der Waals surface area contributed by atoms with Gasteiger partial charge in [-0.05, 0) is 62.3 Å². The number of anilines is 1. The van der Waals surface area contributed by atoms with Crippen molar-refractivity contribution in [3.63, 3.8) is 0 Å². The predicted octanol–water partition coefficient (Wildman–Crippen LogP) is 3.74. The van der Waals surface area contributed by atoms with Gasteiger partial charge >= 0.3 is 0 Å². The van der Waals surface area contributed by atoms with Gasteiger partial charge in [0, 0.05) is 30.4 Å². The zero-order valence-corrected chi connectivity index (χ0v) is 13.6. The van der Waals surface area contributed by atoms with Crippen molar-refractivity contribution in [1.82, 2.24) is 5.32 Å². The van der Waals surface area contributed by atoms with Gasteiger partial charge in [-0.3, -0.25) is 0 Å². The van der Waals surface area contributed by atoms with E-state index in [0.717, 1.165) is 24.6 Å². The first-order valence-corrected chi connectivity index (χ1v) is 8.18. The second-order valence-electron chi connectivity index (χ2n) is 7.45. The molecule has 2 atom stereocenters. The van der Waals surface area contributed by atoms with Crippen molar-refractivity contribution in [3.8, 4) is 0 Å². The summed E-state index contributed by atoms with van der Waals surface area (Å²) < 4.78 is 13.6. The molecule has 0 bridgehead atoms. The zero-order chi connectivity index (χ0) is 15.2. The second kappa shape index (κ2) is 5.28. The molecule has 0 amide bonds. The number of hydrogen-bond donors (Lipinski definition) is 1. The van der Waals surface area contributed by atoms with Crippen LogP contribution in [0.4, 0.5) is 10.1 Å². The van der Waals surface area contributed by atoms with Gasteiger partial charge in [0.15, 0.2) is 0 Å². The van der Waals surface area contributed by atoms with E-state index in [2.05, 4.69) is 31.0 Å². The highest BCUT2D eigenvalue weighted by molar-refractivity contribution is 5.51. The van der Waals surface area contributed by atoms with Crippen LogP contribution in [0, 0.1) is 24.6 Å². The van der Waals surface area contributed by atoms with Crippen molar-refractivity contribution in [2.24, 2.45) is 11.8 Å². The van der Waals surface area contributed by atoms with Gasteiger partial charge in [0.25, 0.3) is 0 Å². The SMILES string of the molecule is Cc1cc(N2CC(C)(C3CC3)NCC2C(C)C)ccc1F. The third kappa shape index (κ3) is 2.80. The van der Waals surface area contributed by atoms with E-state index in [1.807, 2.05) is 19.1 Å². The molecule has 1 heterocycles. The fraction of sp³-hybridized carbons (Fsp3) is 0.667. The summed E-state index contributed by atoms with van der Waals surface area (Å²) >= 11 is 0. The van der Waals surface area contributed by atoms with Crippen LogP contribution in [0.5, 0.6) is 0 Å². The number of nitrogens with zero attached hydrogens (tertiary/aromatic N) is 1. The van der Waals surface area contributed by atoms with Crippen molar-refractivity contribution in [3.05, 3.63) is 29.6 Å². The molecule has 2 fully saturated rings. The number of piperazine rings is 1. The minimum absolute atomic E-state index is 0.111. The number of hydrogen-bond acceptors (Lipinski definition) is 2. The first-order valence-electron chi connectivity index (χ1n) is 8.18. The third-order valence-electron chi connectivity index (χ3n) is 5.34. The van der Waals surface area contributed by atoms with Crippen LogP contribution < -0.4 is 10.2 Å². The molecule has 21 heavy (non-hydrogen) atoms. The first-order chi connectivity index (χ1) is 9.90. The van der Waals surface area contributed by atoms with E-state index in [-0.39, 0.29) is 11.4 Å². The van der Waals surface area contributed by atoms with Gasteiger partial charge in [-0.25, -0.2) is 4.39 Å². The van der Waals surface area contributed by atoms with Gasteiger partial charge in [0.05, 0.1) is 0 Å². The molecule has 2 unspecified atom stereocenters. The van der Waals surface area contributed by atoms with Crippen LogP contribution in [0.25, 0.3) is 0 Å². The average molecular weight is 290 g/mol. The summed E-state index contributed by atoms with van der Waals surface area (Å²) in [5.41, 5.74) is 2.11. The number of rotatable bonds is 3. The van der Waals surface area contributed by atoms with Gasteiger partial charge < -0.3 is 10.2 Å². The molecule has 1 saturated carbocycles. The van der Waals surface area contributed by atoms with Crippen LogP contribution in [0.15, 0.2) is 18.2 Å². The molecular formula is C18H27FN2. The Kier molecular flexibility index (Phi) is 3.73. The molecule has 1 aromatic rings. The first kappa shape index (κ1) is 14.8. The maximum absolute atomic E-state index is 13.6. The minimum Gasteiger partial charge on any atom is -0.365 e. The van der Waals surface area contributed by atoms with Gasteiger partial charge in [-0.15, -0.1) is 0 Å². The number of aryl methyl sites for hydroxylation is 1. The van der Waals surface area contributed by atoms with E-state index < -0.39 is 0 Å². The summed E-state index contributed by atoms with van der Waals surface area (Å²) in [5.74, 6) is 1.27. The van der Waals surface area contributed by atoms with Crippen LogP contribution in [-0.2, 0) is 0 Å². The summed E-state index contributed by atoms with van der Waals surface area (Å²) in [6.07, 6.45) is 2.68. The number of nitrogens with one attached hydrogen (secondary N) is 1. The maximum Gasteiger partial charge on any atom is 0.126 e. The lowest BCUT2D eigenvalue weighted by Crippen LogP contribution is -2.65. The van der Waals surface area contributed by atoms with E-state index in [4.69, 9.17) is 0 Å². The monoisotopic (exact) mass is 290 g/mol. The van der Waals surface area contributed by atoms with Gasteiger partial charge in [-0.1, -0.05) is 13.8 Å². The fourth-order valence-electron chi connectivity index (χ4n) is 3.65. The van der Waals surface area contributed by atoms with E-state index in [0.29, 0.717) is 12.0 Å². The van der Waals surface area contributed by atoms with Gasteiger partial charge in [-0.2, -0.15) is 0 Å². The molecule has 0 aromatic heterocycles. The summed E-state index contributed by atoms with van der Waals surface area (Å²) in [4.78, 5) is 2.51. The van der Waals surface area contributed by atoms with E-state index in [1.54, 1.807) is 6.07 Å². The third-order valence-corrected chi connectivity index (χ3v) is 5.34. The molecule has 1 aliphatic heterocycles. The average Bonchev–Trinajstić information content (AvgIpc) is 3.26. The lowest BCUT2D eigenvalue weighted by atomic mass is 9.87. The van der Waals surface area contributed by atoms with E-state index in [9.17, 15) is 4.39 Å². The van der Waals surface area contributed by atoms with Crippen LogP contribution in [0.1, 0.15) is 39.2 Å². The lowest BCUT2D eigenvalue weighted by Gasteiger charge is -2.49. The minimum atomic E-state index is -0.111. The normalized spacial score (nSPS) is 30.0. The highest BCUT2D eigenvalue weighted by Gasteiger charge is 2.46. The second-order valence-corrected chi connectivity index (χ2v) is 7.45. The highest BCUT2D eigenvalue weighted by Crippen LogP contribution is 2.42. The topological polar surface area (TPSA) is 15.3 Å². The summed E-state index contributed by atoms with van der Waals surface area (Å²) in [7, 11) is 0. The molecule has 1 aliphatic carbocycles. The quantitative estimate of drug-likeness (QED) is 0.912. The van der Waals surface area contributed by atoms with Crippen LogP contribution in [0.2, 0.25) is 0 Å². The number of benzene rings is 1. The van der Waals surface area contributed by atoms with Crippen LogP contribution in [-0.4, -0.2) is 24.7 Å². The Morgan fingerprint density at radius 3 is 2.62 bits per heavy atom. The summed E-state index contributed by atoms with van der Waals surface area (Å²) in [6, 6.07) is 6.03. The Hall–Kier alpha value is -1.09. The van der Waals surface area contributed by atoms with Gasteiger partial charge in [0.1, 0.15) is 5.82 Å². The zero-order valence-electron chi connectivity index (χ0n) is 13.6. The molecule has 2 nitrogen and oxygen atoms in total. The van der Waals surface area contributed by atoms with Gasteiger partial charge in [0.2, 0.25) is 0 Å². The molecule has 1 saturated heterocycles. The van der Waals surface area contributed by atoms with Crippen molar-refractivity contribution < 1.29 is 4.39 Å². The molecule has 2 aliphatic rings. The largest absolute Gasteiger partial charge is 0.365 e. The Morgan fingerprint density at radius 2 is 2.05 bits per heavy atom. The fourth-order valence-corrected chi connectivity index (χ4v) is 3.65. The van der Waals surface area contributed by atoms with E-state index in [1.165, 1.54) is 18.5 Å². The van der Waals surface area contributed by atoms with Crippen LogP contribution in [0.3, 0.4) is 0 Å². The van der Waals surface area contributed by atoms with Crippen molar-refractivity contribution >= 4 is 5.69 Å². The molecule has 1 aromatic carbocycles. The summed E-state index contributed by atoms with van der Waals surface area (Å²) in [6.45, 7) is 10.8. The molecule has 0 spiro atoms. The molecule has 3 heteroatoms. The smallest absolute Gasteiger partial charge is 0.126 e. The van der Waals surface area contributed by atoms with Crippen LogP contribution >= 0.6 is 0 Å². The molecular weight excluding hydrogens is 263 g/mol. The number of halogens is 1. The molecule has 1 N–H and O–H groups in total. The molecule has 3 rings (SSSR count). The van der Waals surface area contributed by atoms with Crippen molar-refractivity contribution in [2.75, 3.05) is 18.0 Å². The maximum atomic E-state index is 13.6. The van der Waals surface area contributed by atoms with E-state index >= 15 is 0 Å². The Labute approximate surface area is 127 Å².